The van der Waals surface area contributed by atoms with Gasteiger partial charge < -0.3 is 15.5 Å². The first-order valence-corrected chi connectivity index (χ1v) is 8.69. The molecular formula is C18H26N4O2. The van der Waals surface area contributed by atoms with Gasteiger partial charge in [-0.2, -0.15) is 0 Å². The van der Waals surface area contributed by atoms with Crippen molar-refractivity contribution in [2.45, 2.75) is 13.3 Å². The number of rotatable bonds is 4. The molecule has 1 aromatic rings. The number of nitrogens with zero attached hydrogens (tertiary/aromatic N) is 3. The first-order valence-electron chi connectivity index (χ1n) is 8.69. The smallest absolute Gasteiger partial charge is 0.241 e. The van der Waals surface area contributed by atoms with Crippen LogP contribution in [0, 0.1) is 5.92 Å². The van der Waals surface area contributed by atoms with Crippen molar-refractivity contribution in [2.75, 3.05) is 50.7 Å². The normalized spacial score (nSPS) is 19.2. The van der Waals surface area contributed by atoms with Crippen LogP contribution in [0.5, 0.6) is 0 Å². The quantitative estimate of drug-likeness (QED) is 0.863. The van der Waals surface area contributed by atoms with E-state index in [1.165, 1.54) is 5.56 Å². The zero-order valence-electron chi connectivity index (χ0n) is 14.3. The maximum absolute atomic E-state index is 12.6. The number of amides is 2. The van der Waals surface area contributed by atoms with E-state index in [9.17, 15) is 9.59 Å². The third-order valence-corrected chi connectivity index (χ3v) is 5.01. The van der Waals surface area contributed by atoms with Crippen molar-refractivity contribution in [2.24, 2.45) is 11.7 Å². The summed E-state index contributed by atoms with van der Waals surface area (Å²) in [4.78, 5) is 30.7. The first-order chi connectivity index (χ1) is 11.6. The summed E-state index contributed by atoms with van der Waals surface area (Å²) in [6, 6.07) is 8.11. The fourth-order valence-corrected chi connectivity index (χ4v) is 3.41. The number of para-hydroxylation sites is 1. The van der Waals surface area contributed by atoms with Gasteiger partial charge in [-0.25, -0.2) is 0 Å². The monoisotopic (exact) mass is 330 g/mol. The van der Waals surface area contributed by atoms with Gasteiger partial charge in [0.1, 0.15) is 0 Å². The Kier molecular flexibility index (Phi) is 5.16. The number of nitrogens with two attached hydrogens (primary N) is 1. The standard InChI is InChI=1S/C18H26N4O2/c1-14(12-19)18(24)21-10-8-20(9-11-21)13-17(23)22-7-6-15-4-2-3-5-16(15)22/h2-5,14H,6-13,19H2,1H3. The fourth-order valence-electron chi connectivity index (χ4n) is 3.41. The largest absolute Gasteiger partial charge is 0.340 e. The second kappa shape index (κ2) is 7.32. The molecule has 0 saturated carbocycles. The Balaban J connectivity index is 1.52. The maximum Gasteiger partial charge on any atom is 0.241 e. The van der Waals surface area contributed by atoms with Crippen LogP contribution in [0.1, 0.15) is 12.5 Å². The predicted octanol–water partition coefficient (Wildman–Crippen LogP) is 0.315. The lowest BCUT2D eigenvalue weighted by Gasteiger charge is -2.36. The molecule has 0 aliphatic carbocycles. The van der Waals surface area contributed by atoms with Crippen LogP contribution >= 0.6 is 0 Å². The number of piperazine rings is 1. The average molecular weight is 330 g/mol. The average Bonchev–Trinajstić information content (AvgIpc) is 3.05. The van der Waals surface area contributed by atoms with Crippen LogP contribution < -0.4 is 10.6 Å². The van der Waals surface area contributed by atoms with Crippen molar-refractivity contribution in [3.63, 3.8) is 0 Å². The Morgan fingerprint density at radius 2 is 1.83 bits per heavy atom. The van der Waals surface area contributed by atoms with Crippen LogP contribution in [0.3, 0.4) is 0 Å². The lowest BCUT2D eigenvalue weighted by Crippen LogP contribution is -2.53. The lowest BCUT2D eigenvalue weighted by molar-refractivity contribution is -0.136. The van der Waals surface area contributed by atoms with Crippen LogP contribution in [-0.2, 0) is 16.0 Å². The second-order valence-corrected chi connectivity index (χ2v) is 6.66. The van der Waals surface area contributed by atoms with E-state index >= 15 is 0 Å². The molecule has 2 aliphatic heterocycles. The van der Waals surface area contributed by atoms with E-state index in [1.807, 2.05) is 34.9 Å². The predicted molar refractivity (Wildman–Crippen MR) is 93.7 cm³/mol. The van der Waals surface area contributed by atoms with Crippen LogP contribution in [0.2, 0.25) is 0 Å². The third kappa shape index (κ3) is 3.44. The van der Waals surface area contributed by atoms with Crippen LogP contribution in [-0.4, -0.2) is 67.4 Å². The topological polar surface area (TPSA) is 69.9 Å². The van der Waals surface area contributed by atoms with Crippen molar-refractivity contribution < 1.29 is 9.59 Å². The fraction of sp³-hybridized carbons (Fsp3) is 0.556. The van der Waals surface area contributed by atoms with Crippen molar-refractivity contribution >= 4 is 17.5 Å². The summed E-state index contributed by atoms with van der Waals surface area (Å²) in [5.74, 6) is 0.145. The van der Waals surface area contributed by atoms with Crippen LogP contribution in [0.15, 0.2) is 24.3 Å². The van der Waals surface area contributed by atoms with Crippen molar-refractivity contribution in [1.82, 2.24) is 9.80 Å². The highest BCUT2D eigenvalue weighted by molar-refractivity contribution is 5.96. The van der Waals surface area contributed by atoms with Gasteiger partial charge in [-0.3, -0.25) is 14.5 Å². The summed E-state index contributed by atoms with van der Waals surface area (Å²) in [7, 11) is 0. The molecule has 2 heterocycles. The first kappa shape index (κ1) is 16.9. The Morgan fingerprint density at radius 3 is 2.54 bits per heavy atom. The number of benzene rings is 1. The van der Waals surface area contributed by atoms with Gasteiger partial charge in [0.2, 0.25) is 11.8 Å². The van der Waals surface area contributed by atoms with Crippen molar-refractivity contribution in [3.8, 4) is 0 Å². The number of carbonyl (C=O) groups is 2. The Morgan fingerprint density at radius 1 is 1.12 bits per heavy atom. The molecule has 1 unspecified atom stereocenters. The molecule has 2 N–H and O–H groups in total. The minimum absolute atomic E-state index is 0.122. The molecular weight excluding hydrogens is 304 g/mol. The van der Waals surface area contributed by atoms with Crippen molar-refractivity contribution in [1.29, 1.82) is 0 Å². The zero-order chi connectivity index (χ0) is 17.1. The molecule has 1 saturated heterocycles. The molecule has 1 fully saturated rings. The van der Waals surface area contributed by atoms with Crippen LogP contribution in [0.25, 0.3) is 0 Å². The van der Waals surface area contributed by atoms with E-state index in [0.717, 1.165) is 31.7 Å². The minimum atomic E-state index is -0.126. The number of hydrogen-bond acceptors (Lipinski definition) is 4. The van der Waals surface area contributed by atoms with Gasteiger partial charge in [-0.1, -0.05) is 25.1 Å². The van der Waals surface area contributed by atoms with E-state index in [1.54, 1.807) is 0 Å². The van der Waals surface area contributed by atoms with Gasteiger partial charge in [-0.15, -0.1) is 0 Å². The zero-order valence-corrected chi connectivity index (χ0v) is 14.3. The lowest BCUT2D eigenvalue weighted by atomic mass is 10.1. The van der Waals surface area contributed by atoms with Gasteiger partial charge in [0.15, 0.2) is 0 Å². The summed E-state index contributed by atoms with van der Waals surface area (Å²) >= 11 is 0. The van der Waals surface area contributed by atoms with Crippen LogP contribution in [0.4, 0.5) is 5.69 Å². The molecule has 2 amide bonds. The van der Waals surface area contributed by atoms with Gasteiger partial charge in [0.25, 0.3) is 0 Å². The summed E-state index contributed by atoms with van der Waals surface area (Å²) in [5.41, 5.74) is 7.87. The Labute approximate surface area is 143 Å². The number of anilines is 1. The maximum atomic E-state index is 12.6. The number of hydrogen-bond donors (Lipinski definition) is 1. The molecule has 24 heavy (non-hydrogen) atoms. The van der Waals surface area contributed by atoms with E-state index in [2.05, 4.69) is 11.0 Å². The third-order valence-electron chi connectivity index (χ3n) is 5.01. The molecule has 0 spiro atoms. The highest BCUT2D eigenvalue weighted by Crippen LogP contribution is 2.27. The summed E-state index contributed by atoms with van der Waals surface area (Å²) < 4.78 is 0. The number of fused-ring (bicyclic) bond motifs is 1. The van der Waals surface area contributed by atoms with Gasteiger partial charge in [-0.05, 0) is 18.1 Å². The molecule has 3 rings (SSSR count). The molecule has 6 nitrogen and oxygen atoms in total. The van der Waals surface area contributed by atoms with Gasteiger partial charge >= 0.3 is 0 Å². The highest BCUT2D eigenvalue weighted by atomic mass is 16.2. The SMILES string of the molecule is CC(CN)C(=O)N1CCN(CC(=O)N2CCc3ccccc32)CC1. The van der Waals surface area contributed by atoms with Crippen molar-refractivity contribution in [3.05, 3.63) is 29.8 Å². The molecule has 1 atom stereocenters. The molecule has 1 aromatic carbocycles. The summed E-state index contributed by atoms with van der Waals surface area (Å²) in [6.07, 6.45) is 0.932. The summed E-state index contributed by atoms with van der Waals surface area (Å²) in [6.45, 7) is 6.26. The molecule has 2 aliphatic rings. The Bertz CT molecular complexity index is 611. The van der Waals surface area contributed by atoms with E-state index in [4.69, 9.17) is 5.73 Å². The molecule has 0 bridgehead atoms. The molecule has 0 aromatic heterocycles. The number of carbonyl (C=O) groups excluding carboxylic acids is 2. The van der Waals surface area contributed by atoms with E-state index < -0.39 is 0 Å². The highest BCUT2D eigenvalue weighted by Gasteiger charge is 2.28. The molecule has 0 radical (unpaired) electrons. The second-order valence-electron chi connectivity index (χ2n) is 6.66. The Hall–Kier alpha value is -1.92. The van der Waals surface area contributed by atoms with E-state index in [0.29, 0.717) is 26.2 Å². The minimum Gasteiger partial charge on any atom is -0.340 e. The molecule has 6 heteroatoms. The summed E-state index contributed by atoms with van der Waals surface area (Å²) in [5, 5.41) is 0. The van der Waals surface area contributed by atoms with Gasteiger partial charge in [0.05, 0.1) is 6.54 Å². The van der Waals surface area contributed by atoms with E-state index in [-0.39, 0.29) is 17.7 Å². The molecule has 130 valence electrons. The van der Waals surface area contributed by atoms with Gasteiger partial charge in [0, 0.05) is 50.9 Å².